The van der Waals surface area contributed by atoms with Gasteiger partial charge in [0.1, 0.15) is 11.3 Å². The van der Waals surface area contributed by atoms with Gasteiger partial charge in [0.05, 0.1) is 22.8 Å². The van der Waals surface area contributed by atoms with Crippen LogP contribution in [0, 0.1) is 17.8 Å². The fourth-order valence-corrected chi connectivity index (χ4v) is 5.68. The molecule has 3 aromatic rings. The lowest BCUT2D eigenvalue weighted by Crippen LogP contribution is -2.43. The van der Waals surface area contributed by atoms with E-state index in [2.05, 4.69) is 60.8 Å². The molecule has 0 spiro atoms. The number of piperazine rings is 1. The van der Waals surface area contributed by atoms with Gasteiger partial charge in [-0.1, -0.05) is 23.8 Å². The van der Waals surface area contributed by atoms with E-state index in [1.54, 1.807) is 6.20 Å². The van der Waals surface area contributed by atoms with E-state index in [-0.39, 0.29) is 17.9 Å². The first-order valence-corrected chi connectivity index (χ1v) is 11.7. The van der Waals surface area contributed by atoms with Crippen molar-refractivity contribution in [2.45, 2.75) is 12.5 Å². The summed E-state index contributed by atoms with van der Waals surface area (Å²) in [6.45, 7) is 3.98. The number of halogens is 1. The van der Waals surface area contributed by atoms with Gasteiger partial charge in [0.2, 0.25) is 0 Å². The van der Waals surface area contributed by atoms with Crippen LogP contribution in [0.3, 0.4) is 0 Å². The molecule has 33 heavy (non-hydrogen) atoms. The average molecular weight is 465 g/mol. The van der Waals surface area contributed by atoms with E-state index < -0.39 is 11.9 Å². The number of carboxylic acid groups (broad SMARTS) is 1. The number of carbonyl (C=O) groups is 1. The lowest BCUT2D eigenvalue weighted by molar-refractivity contribution is -0.142. The number of anilines is 2. The fourth-order valence-electron chi connectivity index (χ4n) is 5.49. The van der Waals surface area contributed by atoms with Crippen molar-refractivity contribution in [3.8, 4) is 11.4 Å². The Hall–Kier alpha value is -3.10. The van der Waals surface area contributed by atoms with Gasteiger partial charge in [-0.15, -0.1) is 0 Å². The van der Waals surface area contributed by atoms with Crippen molar-refractivity contribution < 1.29 is 9.90 Å². The number of aliphatic carboxylic acids is 1. The van der Waals surface area contributed by atoms with Crippen molar-refractivity contribution in [3.63, 3.8) is 0 Å². The summed E-state index contributed by atoms with van der Waals surface area (Å²) >= 11 is 6.52. The molecular weight excluding hydrogens is 440 g/mol. The highest BCUT2D eigenvalue weighted by Crippen LogP contribution is 2.46. The number of allylic oxidation sites excluding steroid dienone is 1. The summed E-state index contributed by atoms with van der Waals surface area (Å²) in [6.07, 6.45) is 6.58. The minimum absolute atomic E-state index is 0.0626. The van der Waals surface area contributed by atoms with Crippen molar-refractivity contribution in [1.29, 1.82) is 0 Å². The summed E-state index contributed by atoms with van der Waals surface area (Å²) in [5.41, 5.74) is 4.06. The van der Waals surface area contributed by atoms with Gasteiger partial charge in [-0.2, -0.15) is 0 Å². The maximum Gasteiger partial charge on any atom is 0.309 e. The summed E-state index contributed by atoms with van der Waals surface area (Å²) in [7, 11) is 0. The molecule has 0 amide bonds. The number of pyridine rings is 1. The number of imidazole rings is 1. The minimum Gasteiger partial charge on any atom is -0.481 e. The number of aromatic nitrogens is 3. The second-order valence-electron chi connectivity index (χ2n) is 9.03. The SMILES string of the molecule is O=C(O)[C@@H]1[C@H](Nc2c(Cl)cnc3nc(-c4ccc(N5CCNCC5)cc4)[nH]c23)[C@H]2C=C[C@@H]1C2. The highest BCUT2D eigenvalue weighted by molar-refractivity contribution is 6.34. The van der Waals surface area contributed by atoms with Gasteiger partial charge in [0.25, 0.3) is 0 Å². The molecule has 1 aliphatic heterocycles. The van der Waals surface area contributed by atoms with Gasteiger partial charge in [-0.25, -0.2) is 9.97 Å². The summed E-state index contributed by atoms with van der Waals surface area (Å²) < 4.78 is 0. The minimum atomic E-state index is -0.777. The predicted octanol–water partition coefficient (Wildman–Crippen LogP) is 3.38. The summed E-state index contributed by atoms with van der Waals surface area (Å²) in [5, 5.41) is 17.1. The number of hydrogen-bond donors (Lipinski definition) is 4. The van der Waals surface area contributed by atoms with Gasteiger partial charge in [0, 0.05) is 43.5 Å². The number of hydrogen-bond acceptors (Lipinski definition) is 6. The molecule has 1 saturated heterocycles. The van der Waals surface area contributed by atoms with Gasteiger partial charge >= 0.3 is 5.97 Å². The number of rotatable bonds is 5. The zero-order valence-electron chi connectivity index (χ0n) is 18.0. The topological polar surface area (TPSA) is 106 Å². The van der Waals surface area contributed by atoms with E-state index in [0.717, 1.165) is 38.2 Å². The van der Waals surface area contributed by atoms with Crippen LogP contribution in [0.2, 0.25) is 5.02 Å². The second kappa shape index (κ2) is 8.04. The van der Waals surface area contributed by atoms with E-state index in [4.69, 9.17) is 11.6 Å². The highest BCUT2D eigenvalue weighted by atomic mass is 35.5. The van der Waals surface area contributed by atoms with E-state index in [0.29, 0.717) is 27.7 Å². The van der Waals surface area contributed by atoms with Crippen LogP contribution in [0.5, 0.6) is 0 Å². The lowest BCUT2D eigenvalue weighted by atomic mass is 9.89. The Kier molecular flexibility index (Phi) is 4.99. The number of nitrogens with zero attached hydrogens (tertiary/aromatic N) is 3. The highest BCUT2D eigenvalue weighted by Gasteiger charge is 2.48. The van der Waals surface area contributed by atoms with E-state index in [9.17, 15) is 9.90 Å². The molecule has 1 saturated carbocycles. The first kappa shape index (κ1) is 20.5. The normalized spacial score (nSPS) is 26.3. The molecule has 2 fully saturated rings. The molecule has 4 N–H and O–H groups in total. The first-order chi connectivity index (χ1) is 16.1. The number of aromatic amines is 1. The third-order valence-corrected chi connectivity index (χ3v) is 7.44. The van der Waals surface area contributed by atoms with Crippen molar-refractivity contribution in [2.24, 2.45) is 17.8 Å². The summed E-state index contributed by atoms with van der Waals surface area (Å²) in [6, 6.07) is 8.14. The number of fused-ring (bicyclic) bond motifs is 3. The largest absolute Gasteiger partial charge is 0.481 e. The molecule has 4 atom stereocenters. The van der Waals surface area contributed by atoms with Crippen molar-refractivity contribution >= 4 is 40.1 Å². The molecule has 9 heteroatoms. The summed E-state index contributed by atoms with van der Waals surface area (Å²) in [4.78, 5) is 26.7. The van der Waals surface area contributed by atoms with Crippen LogP contribution >= 0.6 is 11.6 Å². The molecule has 3 heterocycles. The molecule has 2 bridgehead atoms. The lowest BCUT2D eigenvalue weighted by Gasteiger charge is -2.29. The van der Waals surface area contributed by atoms with Crippen molar-refractivity contribution in [3.05, 3.63) is 47.6 Å². The van der Waals surface area contributed by atoms with Crippen molar-refractivity contribution in [2.75, 3.05) is 36.4 Å². The van der Waals surface area contributed by atoms with Gasteiger partial charge in [-0.05, 0) is 42.5 Å². The van der Waals surface area contributed by atoms with Crippen LogP contribution < -0.4 is 15.5 Å². The van der Waals surface area contributed by atoms with Crippen LogP contribution in [0.25, 0.3) is 22.6 Å². The van der Waals surface area contributed by atoms with E-state index in [1.807, 2.05) is 6.08 Å². The van der Waals surface area contributed by atoms with Crippen LogP contribution in [0.15, 0.2) is 42.6 Å². The quantitative estimate of drug-likeness (QED) is 0.429. The number of nitrogens with one attached hydrogen (secondary N) is 3. The van der Waals surface area contributed by atoms with Crippen LogP contribution in [0.4, 0.5) is 11.4 Å². The molecule has 8 nitrogen and oxygen atoms in total. The maximum absolute atomic E-state index is 11.9. The number of benzene rings is 1. The molecule has 1 aromatic carbocycles. The zero-order valence-corrected chi connectivity index (χ0v) is 18.7. The molecule has 0 radical (unpaired) electrons. The molecular formula is C24H25ClN6O2. The Balaban J connectivity index is 1.31. The fraction of sp³-hybridized carbons (Fsp3) is 0.375. The van der Waals surface area contributed by atoms with Crippen LogP contribution in [-0.4, -0.2) is 58.2 Å². The average Bonchev–Trinajstić information content (AvgIpc) is 3.56. The van der Waals surface area contributed by atoms with Crippen LogP contribution in [0.1, 0.15) is 6.42 Å². The van der Waals surface area contributed by atoms with Crippen molar-refractivity contribution in [1.82, 2.24) is 20.3 Å². The number of carboxylic acids is 1. The molecule has 2 aromatic heterocycles. The monoisotopic (exact) mass is 464 g/mol. The third kappa shape index (κ3) is 3.54. The predicted molar refractivity (Wildman–Crippen MR) is 129 cm³/mol. The molecule has 170 valence electrons. The summed E-state index contributed by atoms with van der Waals surface area (Å²) in [5.74, 6) is -0.305. The Morgan fingerprint density at radius 2 is 1.91 bits per heavy atom. The molecule has 0 unspecified atom stereocenters. The second-order valence-corrected chi connectivity index (χ2v) is 9.44. The van der Waals surface area contributed by atoms with E-state index >= 15 is 0 Å². The molecule has 3 aliphatic rings. The van der Waals surface area contributed by atoms with Gasteiger partial charge < -0.3 is 25.6 Å². The smallest absolute Gasteiger partial charge is 0.309 e. The Bertz CT molecular complexity index is 1230. The number of H-pyrrole nitrogens is 1. The standard InChI is InChI=1S/C24H25ClN6O2/c25-17-12-27-23-21(20(17)28-19-15-2-1-14(11-15)18(19)24(32)33)29-22(30-23)13-3-5-16(6-4-13)31-9-7-26-8-10-31/h1-6,12,14-15,18-19,26H,7-11H2,(H,32,33)(H2,27,28,29,30)/t14-,15+,18+,19-/m1/s1. The maximum atomic E-state index is 11.9. The van der Waals surface area contributed by atoms with Gasteiger partial charge in [0.15, 0.2) is 5.65 Å². The van der Waals surface area contributed by atoms with Crippen LogP contribution in [-0.2, 0) is 4.79 Å². The Morgan fingerprint density at radius 1 is 1.15 bits per heavy atom. The zero-order chi connectivity index (χ0) is 22.5. The Labute approximate surface area is 196 Å². The third-order valence-electron chi connectivity index (χ3n) is 7.15. The molecule has 6 rings (SSSR count). The first-order valence-electron chi connectivity index (χ1n) is 11.4. The molecule has 2 aliphatic carbocycles. The van der Waals surface area contributed by atoms with Gasteiger partial charge in [-0.3, -0.25) is 4.79 Å². The van der Waals surface area contributed by atoms with E-state index in [1.165, 1.54) is 5.69 Å². The Morgan fingerprint density at radius 3 is 2.67 bits per heavy atom.